The van der Waals surface area contributed by atoms with Crippen molar-refractivity contribution in [3.8, 4) is 0 Å². The molecule has 1 aromatic carbocycles. The molecule has 1 unspecified atom stereocenters. The maximum absolute atomic E-state index is 13.2. The van der Waals surface area contributed by atoms with E-state index in [1.54, 1.807) is 0 Å². The van der Waals surface area contributed by atoms with Crippen LogP contribution in [0.15, 0.2) is 24.3 Å². The summed E-state index contributed by atoms with van der Waals surface area (Å²) in [6.07, 6.45) is 6.01. The van der Waals surface area contributed by atoms with E-state index >= 15 is 0 Å². The van der Waals surface area contributed by atoms with Crippen LogP contribution in [0.5, 0.6) is 0 Å². The number of nitrogens with zero attached hydrogens (tertiary/aromatic N) is 2. The van der Waals surface area contributed by atoms with E-state index in [-0.39, 0.29) is 30.2 Å². The Morgan fingerprint density at radius 3 is 2.21 bits per heavy atom. The lowest BCUT2D eigenvalue weighted by Crippen LogP contribution is -2.56. The third-order valence-corrected chi connectivity index (χ3v) is 6.51. The third-order valence-electron chi connectivity index (χ3n) is 6.51. The highest BCUT2D eigenvalue weighted by Crippen LogP contribution is 2.20. The largest absolute Gasteiger partial charge is 0.352 e. The Kier molecular flexibility index (Phi) is 7.84. The van der Waals surface area contributed by atoms with Gasteiger partial charge >= 0.3 is 0 Å². The highest BCUT2D eigenvalue weighted by Gasteiger charge is 2.32. The molecular weight excluding hydrogens is 362 g/mol. The molecule has 1 saturated heterocycles. The van der Waals surface area contributed by atoms with Gasteiger partial charge in [-0.05, 0) is 31.4 Å². The molecule has 5 nitrogen and oxygen atoms in total. The van der Waals surface area contributed by atoms with Crippen molar-refractivity contribution in [2.24, 2.45) is 0 Å². The van der Waals surface area contributed by atoms with Gasteiger partial charge < -0.3 is 10.2 Å². The summed E-state index contributed by atoms with van der Waals surface area (Å²) < 4.78 is 0. The number of piperazine rings is 1. The molecule has 1 aliphatic carbocycles. The number of hydrogen-bond donors (Lipinski definition) is 1. The summed E-state index contributed by atoms with van der Waals surface area (Å²) in [4.78, 5) is 30.7. The molecule has 3 rings (SSSR count). The number of nitrogens with one attached hydrogen (secondary N) is 1. The van der Waals surface area contributed by atoms with Crippen LogP contribution in [0, 0.1) is 0 Å². The summed E-state index contributed by atoms with van der Waals surface area (Å²) in [7, 11) is 2.11. The number of rotatable bonds is 7. The lowest BCUT2D eigenvalue weighted by molar-refractivity contribution is -0.128. The van der Waals surface area contributed by atoms with Gasteiger partial charge in [0.15, 0.2) is 5.78 Å². The average Bonchev–Trinajstić information content (AvgIpc) is 2.73. The van der Waals surface area contributed by atoms with E-state index in [2.05, 4.69) is 36.0 Å². The van der Waals surface area contributed by atoms with Gasteiger partial charge in [0, 0.05) is 44.2 Å². The fourth-order valence-electron chi connectivity index (χ4n) is 4.41. The van der Waals surface area contributed by atoms with E-state index in [0.29, 0.717) is 11.5 Å². The fourth-order valence-corrected chi connectivity index (χ4v) is 4.41. The predicted molar refractivity (Wildman–Crippen MR) is 117 cm³/mol. The first-order valence-corrected chi connectivity index (χ1v) is 11.3. The first-order chi connectivity index (χ1) is 13.9. The topological polar surface area (TPSA) is 52.7 Å². The van der Waals surface area contributed by atoms with Crippen LogP contribution in [0.25, 0.3) is 0 Å². The lowest BCUT2D eigenvalue weighted by Gasteiger charge is -2.37. The smallest absolute Gasteiger partial charge is 0.238 e. The van der Waals surface area contributed by atoms with Crippen LogP contribution >= 0.6 is 0 Å². The molecule has 1 amide bonds. The minimum absolute atomic E-state index is 0.0357. The molecule has 1 aliphatic heterocycles. The number of likely N-dealkylation sites (N-methyl/N-ethyl adjacent to an activating group) is 1. The van der Waals surface area contributed by atoms with Crippen LogP contribution in [-0.2, 0) is 4.79 Å². The molecule has 1 heterocycles. The van der Waals surface area contributed by atoms with E-state index < -0.39 is 0 Å². The van der Waals surface area contributed by atoms with Gasteiger partial charge in [0.1, 0.15) is 0 Å². The molecule has 1 N–H and O–H groups in total. The second-order valence-corrected chi connectivity index (χ2v) is 9.10. The number of amides is 1. The number of benzene rings is 1. The Bertz CT molecular complexity index is 672. The van der Waals surface area contributed by atoms with Crippen molar-refractivity contribution >= 4 is 11.7 Å². The monoisotopic (exact) mass is 399 g/mol. The maximum Gasteiger partial charge on any atom is 0.238 e. The van der Waals surface area contributed by atoms with Gasteiger partial charge in [-0.3, -0.25) is 14.5 Å². The van der Waals surface area contributed by atoms with Gasteiger partial charge in [0.05, 0.1) is 6.04 Å². The van der Waals surface area contributed by atoms with Crippen molar-refractivity contribution in [2.45, 2.75) is 70.4 Å². The predicted octanol–water partition coefficient (Wildman–Crippen LogP) is 3.45. The van der Waals surface area contributed by atoms with Crippen LogP contribution in [-0.4, -0.2) is 66.8 Å². The van der Waals surface area contributed by atoms with Gasteiger partial charge in [0.25, 0.3) is 0 Å². The Balaban J connectivity index is 1.69. The number of hydrogen-bond acceptors (Lipinski definition) is 4. The number of carbonyl (C=O) groups excluding carboxylic acids is 2. The van der Waals surface area contributed by atoms with E-state index in [9.17, 15) is 9.59 Å². The normalized spacial score (nSPS) is 20.6. The van der Waals surface area contributed by atoms with Gasteiger partial charge in [-0.1, -0.05) is 57.4 Å². The van der Waals surface area contributed by atoms with Gasteiger partial charge in [0.2, 0.25) is 5.91 Å². The Hall–Kier alpha value is -1.72. The molecule has 1 saturated carbocycles. The van der Waals surface area contributed by atoms with Crippen molar-refractivity contribution in [2.75, 3.05) is 33.2 Å². The molecule has 2 aliphatic rings. The highest BCUT2D eigenvalue weighted by atomic mass is 16.2. The molecule has 0 radical (unpaired) electrons. The third kappa shape index (κ3) is 6.13. The second-order valence-electron chi connectivity index (χ2n) is 9.10. The summed E-state index contributed by atoms with van der Waals surface area (Å²) in [6, 6.07) is 7.79. The Morgan fingerprint density at radius 2 is 1.62 bits per heavy atom. The summed E-state index contributed by atoms with van der Waals surface area (Å²) in [5, 5.41) is 3.26. The number of ketones is 1. The zero-order chi connectivity index (χ0) is 20.8. The number of Topliss-reactive ketones (excluding diaryl/α,β-unsaturated/α-hetero) is 1. The summed E-state index contributed by atoms with van der Waals surface area (Å²) in [5.41, 5.74) is 1.94. The summed E-state index contributed by atoms with van der Waals surface area (Å²) in [6.45, 7) is 7.83. The number of carbonyl (C=O) groups is 2. The molecule has 160 valence electrons. The molecular formula is C24H37N3O2. The first kappa shape index (κ1) is 22.0. The van der Waals surface area contributed by atoms with Crippen molar-refractivity contribution in [1.29, 1.82) is 0 Å². The molecule has 0 aromatic heterocycles. The molecule has 1 atom stereocenters. The van der Waals surface area contributed by atoms with Crippen LogP contribution in [0.1, 0.15) is 74.2 Å². The Labute approximate surface area is 175 Å². The minimum Gasteiger partial charge on any atom is -0.352 e. The summed E-state index contributed by atoms with van der Waals surface area (Å²) >= 11 is 0. The van der Waals surface area contributed by atoms with Crippen LogP contribution in [0.2, 0.25) is 0 Å². The highest BCUT2D eigenvalue weighted by molar-refractivity contribution is 5.99. The van der Waals surface area contributed by atoms with Crippen molar-refractivity contribution < 1.29 is 9.59 Å². The minimum atomic E-state index is -0.372. The molecule has 1 aromatic rings. The molecule has 0 bridgehead atoms. The van der Waals surface area contributed by atoms with Crippen molar-refractivity contribution in [3.05, 3.63) is 35.4 Å². The average molecular weight is 400 g/mol. The Morgan fingerprint density at radius 1 is 1.00 bits per heavy atom. The maximum atomic E-state index is 13.2. The molecule has 0 spiro atoms. The van der Waals surface area contributed by atoms with Crippen molar-refractivity contribution in [1.82, 2.24) is 15.1 Å². The van der Waals surface area contributed by atoms with Crippen LogP contribution < -0.4 is 5.32 Å². The molecule has 5 heteroatoms. The van der Waals surface area contributed by atoms with Gasteiger partial charge in [-0.25, -0.2) is 0 Å². The van der Waals surface area contributed by atoms with E-state index in [4.69, 9.17) is 0 Å². The standard InChI is InChI=1S/C24H37N3O2/c1-18(2)19-9-11-20(12-10-19)23(28)17-22(27-15-13-26(3)14-16-27)24(29)25-21-7-5-4-6-8-21/h9-12,18,21-22H,4-8,13-17H2,1-3H3,(H,25,29). The molecule has 29 heavy (non-hydrogen) atoms. The summed E-state index contributed by atoms with van der Waals surface area (Å²) in [5.74, 6) is 0.537. The zero-order valence-electron chi connectivity index (χ0n) is 18.3. The van der Waals surface area contributed by atoms with Crippen LogP contribution in [0.3, 0.4) is 0 Å². The van der Waals surface area contributed by atoms with E-state index in [0.717, 1.165) is 39.0 Å². The zero-order valence-corrected chi connectivity index (χ0v) is 18.3. The first-order valence-electron chi connectivity index (χ1n) is 11.3. The van der Waals surface area contributed by atoms with Gasteiger partial charge in [-0.2, -0.15) is 0 Å². The molecule has 2 fully saturated rings. The fraction of sp³-hybridized carbons (Fsp3) is 0.667. The van der Waals surface area contributed by atoms with E-state index in [1.165, 1.54) is 24.8 Å². The van der Waals surface area contributed by atoms with Crippen LogP contribution in [0.4, 0.5) is 0 Å². The lowest BCUT2D eigenvalue weighted by atomic mass is 9.94. The van der Waals surface area contributed by atoms with Crippen molar-refractivity contribution in [3.63, 3.8) is 0 Å². The second kappa shape index (κ2) is 10.4. The quantitative estimate of drug-likeness (QED) is 0.714. The van der Waals surface area contributed by atoms with E-state index in [1.807, 2.05) is 24.3 Å². The van der Waals surface area contributed by atoms with Gasteiger partial charge in [-0.15, -0.1) is 0 Å². The SMILES string of the molecule is CC(C)c1ccc(C(=O)CC(C(=O)NC2CCCCC2)N2CCN(C)CC2)cc1.